The monoisotopic (exact) mass is 456 g/mol. The van der Waals surface area contributed by atoms with Crippen LogP contribution in [0.4, 0.5) is 13.2 Å². The minimum Gasteiger partial charge on any atom is -0.327 e. The van der Waals surface area contributed by atoms with Gasteiger partial charge in [-0.1, -0.05) is 4.52 Å². The average molecular weight is 456 g/mol. The molecule has 170 valence electrons. The number of fused-ring (bicyclic) bond motifs is 2. The van der Waals surface area contributed by atoms with Gasteiger partial charge in [0.1, 0.15) is 13.2 Å². The molecule has 0 fully saturated rings. The summed E-state index contributed by atoms with van der Waals surface area (Å²) in [6.45, 7) is 4.04. The Morgan fingerprint density at radius 3 is 2.61 bits per heavy atom. The standard InChI is InChI=1S/C22H21F3N7O/c1-11-19-21(30(4)28-32(19)8-6-26-11)22(33)31-7-5-14-18(12(31)2)27-29(3)20(14)13-9-15(23)17(25)16(24)10-13/h6,8-10,12H,5,7H2,1-4H3/q+1/t12-/m0/s1. The summed E-state index contributed by atoms with van der Waals surface area (Å²) in [6.07, 6.45) is 3.73. The Kier molecular flexibility index (Phi) is 4.73. The zero-order valence-electron chi connectivity index (χ0n) is 18.5. The maximum atomic E-state index is 13.9. The molecule has 1 atom stereocenters. The molecule has 0 bridgehead atoms. The minimum atomic E-state index is -1.51. The van der Waals surface area contributed by atoms with Crippen LogP contribution in [0.15, 0.2) is 24.5 Å². The molecular weight excluding hydrogens is 435 g/mol. The van der Waals surface area contributed by atoms with E-state index >= 15 is 0 Å². The largest absolute Gasteiger partial charge is 0.327 e. The van der Waals surface area contributed by atoms with Crippen LogP contribution < -0.4 is 4.68 Å². The molecule has 8 nitrogen and oxygen atoms in total. The highest BCUT2D eigenvalue weighted by Crippen LogP contribution is 2.36. The lowest BCUT2D eigenvalue weighted by molar-refractivity contribution is -0.732. The lowest BCUT2D eigenvalue weighted by Gasteiger charge is -2.32. The zero-order chi connectivity index (χ0) is 23.6. The van der Waals surface area contributed by atoms with Crippen LogP contribution in [0.1, 0.15) is 40.4 Å². The Bertz CT molecular complexity index is 1420. The SMILES string of the molecule is Cc1nccn2n[n+](C)c(C(=O)N3CCc4c(nn(C)c4-c4cc(F)c(F)c(F)c4)[C@@H]3C)c12. The van der Waals surface area contributed by atoms with Crippen molar-refractivity contribution in [1.29, 1.82) is 0 Å². The smallest absolute Gasteiger partial charge is 0.300 e. The number of aromatic nitrogens is 6. The first-order valence-corrected chi connectivity index (χ1v) is 10.4. The highest BCUT2D eigenvalue weighted by molar-refractivity contribution is 5.98. The van der Waals surface area contributed by atoms with Crippen LogP contribution in [0.5, 0.6) is 0 Å². The molecule has 0 saturated heterocycles. The van der Waals surface area contributed by atoms with Crippen LogP contribution in [0, 0.1) is 24.4 Å². The molecule has 0 aliphatic carbocycles. The highest BCUT2D eigenvalue weighted by Gasteiger charge is 2.38. The second kappa shape index (κ2) is 7.39. The molecule has 0 radical (unpaired) electrons. The van der Waals surface area contributed by atoms with Crippen molar-refractivity contribution in [2.45, 2.75) is 26.3 Å². The van der Waals surface area contributed by atoms with Crippen molar-refractivity contribution in [1.82, 2.24) is 29.4 Å². The summed E-state index contributed by atoms with van der Waals surface area (Å²) in [5.74, 6) is -4.24. The van der Waals surface area contributed by atoms with Gasteiger partial charge in [0.05, 0.1) is 34.5 Å². The Labute approximate surface area is 186 Å². The van der Waals surface area contributed by atoms with E-state index in [0.29, 0.717) is 41.3 Å². The normalized spacial score (nSPS) is 15.8. The third-order valence-electron chi connectivity index (χ3n) is 6.19. The van der Waals surface area contributed by atoms with E-state index in [1.54, 1.807) is 35.9 Å². The van der Waals surface area contributed by atoms with Gasteiger partial charge in [0.15, 0.2) is 17.5 Å². The summed E-state index contributed by atoms with van der Waals surface area (Å²) in [5, 5.41) is 8.92. The molecule has 4 heterocycles. The molecule has 0 saturated carbocycles. The van der Waals surface area contributed by atoms with E-state index in [-0.39, 0.29) is 11.5 Å². The van der Waals surface area contributed by atoms with Gasteiger partial charge >= 0.3 is 5.91 Å². The third-order valence-corrected chi connectivity index (χ3v) is 6.19. The fraction of sp³-hybridized carbons (Fsp3) is 0.318. The number of amides is 1. The van der Waals surface area contributed by atoms with Crippen molar-refractivity contribution in [2.24, 2.45) is 14.1 Å². The first kappa shape index (κ1) is 21.1. The summed E-state index contributed by atoms with van der Waals surface area (Å²) in [6, 6.07) is 1.53. The van der Waals surface area contributed by atoms with Gasteiger partial charge in [0, 0.05) is 24.7 Å². The number of hydrogen-bond acceptors (Lipinski definition) is 4. The van der Waals surface area contributed by atoms with Crippen molar-refractivity contribution in [3.05, 3.63) is 64.6 Å². The Morgan fingerprint density at radius 2 is 1.91 bits per heavy atom. The molecule has 33 heavy (non-hydrogen) atoms. The van der Waals surface area contributed by atoms with E-state index in [2.05, 4.69) is 15.3 Å². The number of carbonyl (C=O) groups is 1. The third kappa shape index (κ3) is 3.10. The van der Waals surface area contributed by atoms with Crippen LogP contribution >= 0.6 is 0 Å². The summed E-state index contributed by atoms with van der Waals surface area (Å²) >= 11 is 0. The van der Waals surface area contributed by atoms with Gasteiger partial charge in [-0.05, 0) is 32.4 Å². The fourth-order valence-corrected chi connectivity index (χ4v) is 4.66. The quantitative estimate of drug-likeness (QED) is 0.343. The summed E-state index contributed by atoms with van der Waals surface area (Å²) in [4.78, 5) is 19.6. The van der Waals surface area contributed by atoms with E-state index in [1.807, 2.05) is 13.8 Å². The first-order valence-electron chi connectivity index (χ1n) is 10.4. The van der Waals surface area contributed by atoms with Gasteiger partial charge in [0.25, 0.3) is 5.69 Å². The molecule has 5 rings (SSSR count). The fourth-order valence-electron chi connectivity index (χ4n) is 4.66. The second-order valence-electron chi connectivity index (χ2n) is 8.18. The molecule has 4 aromatic rings. The van der Waals surface area contributed by atoms with Crippen molar-refractivity contribution >= 4 is 11.4 Å². The summed E-state index contributed by atoms with van der Waals surface area (Å²) < 4.78 is 45.9. The van der Waals surface area contributed by atoms with E-state index in [1.165, 1.54) is 9.36 Å². The van der Waals surface area contributed by atoms with Gasteiger partial charge in [-0.3, -0.25) is 14.5 Å². The number of nitrogens with zero attached hydrogens (tertiary/aromatic N) is 7. The van der Waals surface area contributed by atoms with Crippen molar-refractivity contribution < 1.29 is 22.6 Å². The van der Waals surface area contributed by atoms with Crippen molar-refractivity contribution in [2.75, 3.05) is 6.54 Å². The lowest BCUT2D eigenvalue weighted by atomic mass is 9.95. The number of halogens is 3. The molecule has 0 N–H and O–H groups in total. The molecule has 11 heteroatoms. The van der Waals surface area contributed by atoms with Crippen LogP contribution in [0.25, 0.3) is 16.8 Å². The summed E-state index contributed by atoms with van der Waals surface area (Å²) in [7, 11) is 3.36. The maximum Gasteiger partial charge on any atom is 0.300 e. The van der Waals surface area contributed by atoms with E-state index in [4.69, 9.17) is 0 Å². The first-order chi connectivity index (χ1) is 15.7. The molecule has 1 amide bonds. The Hall–Kier alpha value is -3.76. The van der Waals surface area contributed by atoms with Gasteiger partial charge < -0.3 is 4.90 Å². The Morgan fingerprint density at radius 1 is 1.21 bits per heavy atom. The molecule has 0 spiro atoms. The van der Waals surface area contributed by atoms with Gasteiger partial charge in [0.2, 0.25) is 5.52 Å². The number of rotatable bonds is 2. The predicted molar refractivity (Wildman–Crippen MR) is 111 cm³/mol. The van der Waals surface area contributed by atoms with E-state index in [0.717, 1.165) is 17.7 Å². The van der Waals surface area contributed by atoms with Crippen LogP contribution in [-0.2, 0) is 20.5 Å². The minimum absolute atomic E-state index is 0.199. The van der Waals surface area contributed by atoms with Gasteiger partial charge in [-0.25, -0.2) is 13.2 Å². The molecule has 3 aromatic heterocycles. The molecular formula is C22H21F3N7O+. The maximum absolute atomic E-state index is 13.9. The zero-order valence-corrected chi connectivity index (χ0v) is 18.5. The van der Waals surface area contributed by atoms with Gasteiger partial charge in [-0.2, -0.15) is 5.10 Å². The second-order valence-corrected chi connectivity index (χ2v) is 8.18. The molecule has 1 aromatic carbocycles. The lowest BCUT2D eigenvalue weighted by Crippen LogP contribution is -2.45. The predicted octanol–water partition coefficient (Wildman–Crippen LogP) is 2.44. The highest BCUT2D eigenvalue weighted by atomic mass is 19.2. The van der Waals surface area contributed by atoms with Crippen LogP contribution in [0.3, 0.4) is 0 Å². The number of benzene rings is 1. The van der Waals surface area contributed by atoms with Gasteiger partial charge in [-0.15, -0.1) is 4.68 Å². The van der Waals surface area contributed by atoms with E-state index < -0.39 is 23.5 Å². The molecule has 0 unspecified atom stereocenters. The molecule has 1 aliphatic rings. The average Bonchev–Trinajstić information content (AvgIpc) is 3.28. The topological polar surface area (TPSA) is 72.2 Å². The van der Waals surface area contributed by atoms with Crippen LogP contribution in [0.2, 0.25) is 0 Å². The van der Waals surface area contributed by atoms with Crippen molar-refractivity contribution in [3.8, 4) is 11.3 Å². The Balaban J connectivity index is 1.56. The van der Waals surface area contributed by atoms with Crippen molar-refractivity contribution in [3.63, 3.8) is 0 Å². The van der Waals surface area contributed by atoms with E-state index in [9.17, 15) is 18.0 Å². The summed E-state index contributed by atoms with van der Waals surface area (Å²) in [5.41, 5.74) is 3.83. The molecule has 1 aliphatic heterocycles. The number of carbonyl (C=O) groups excluding carboxylic acids is 1. The number of aryl methyl sites for hydroxylation is 3. The number of hydrogen-bond donors (Lipinski definition) is 0. The van der Waals surface area contributed by atoms with Crippen LogP contribution in [-0.4, -0.2) is 41.8 Å².